The van der Waals surface area contributed by atoms with E-state index in [0.717, 1.165) is 122 Å². The van der Waals surface area contributed by atoms with Crippen LogP contribution in [0.3, 0.4) is 0 Å². The number of carboxylic acids is 1. The summed E-state index contributed by atoms with van der Waals surface area (Å²) in [5.41, 5.74) is 0. The summed E-state index contributed by atoms with van der Waals surface area (Å²) in [5, 5.41) is 31.5. The molecule has 0 aliphatic carbocycles. The Hall–Kier alpha value is -4.88. The molecule has 1 heterocycles. The van der Waals surface area contributed by atoms with E-state index in [1.165, 1.54) is 25.7 Å². The Morgan fingerprint density at radius 2 is 0.831 bits per heavy atom. The number of aliphatic hydroxyl groups is 2. The molecule has 12 nitrogen and oxygen atoms in total. The summed E-state index contributed by atoms with van der Waals surface area (Å²) in [6, 6.07) is 0. The van der Waals surface area contributed by atoms with Crippen LogP contribution in [0.2, 0.25) is 0 Å². The van der Waals surface area contributed by atoms with Gasteiger partial charge in [0.1, 0.15) is 18.8 Å². The van der Waals surface area contributed by atoms with Gasteiger partial charge in [-0.2, -0.15) is 0 Å². The predicted molar refractivity (Wildman–Crippen MR) is 312 cm³/mol. The number of esters is 3. The normalized spacial score (nSPS) is 18.9. The number of aliphatic hydroxyl groups excluding tert-OH is 2. The summed E-state index contributed by atoms with van der Waals surface area (Å²) in [6.45, 7) is 5.67. The Morgan fingerprint density at radius 1 is 0.442 bits per heavy atom. The maximum Gasteiger partial charge on any atom is 0.335 e. The van der Waals surface area contributed by atoms with Gasteiger partial charge in [-0.25, -0.2) is 4.79 Å². The first-order chi connectivity index (χ1) is 37.6. The summed E-state index contributed by atoms with van der Waals surface area (Å²) in [7, 11) is 0. The van der Waals surface area contributed by atoms with Crippen LogP contribution < -0.4 is 0 Å². The number of hydrogen-bond donors (Lipinski definition) is 3. The number of rotatable bonds is 48. The molecule has 434 valence electrons. The molecule has 77 heavy (non-hydrogen) atoms. The first-order valence-electron chi connectivity index (χ1n) is 29.5. The highest BCUT2D eigenvalue weighted by molar-refractivity contribution is 5.74. The molecule has 0 spiro atoms. The number of ether oxygens (including phenoxy) is 5. The second kappa shape index (κ2) is 51.9. The van der Waals surface area contributed by atoms with Crippen molar-refractivity contribution in [1.29, 1.82) is 0 Å². The van der Waals surface area contributed by atoms with Crippen molar-refractivity contribution >= 4 is 23.9 Å². The molecule has 0 aromatic heterocycles. The molecule has 6 unspecified atom stereocenters. The Bertz CT molecular complexity index is 1800. The monoisotopic (exact) mass is 1070 g/mol. The molecule has 12 heteroatoms. The minimum absolute atomic E-state index is 0.0197. The van der Waals surface area contributed by atoms with Crippen LogP contribution in [0, 0.1) is 0 Å². The number of unbranched alkanes of at least 4 members (excludes halogenated alkanes) is 14. The predicted octanol–water partition coefficient (Wildman–Crippen LogP) is 15.2. The highest BCUT2D eigenvalue weighted by Gasteiger charge is 2.50. The quantitative estimate of drug-likeness (QED) is 0.0228. The number of carboxylic acid groups (broad SMARTS) is 1. The highest BCUT2D eigenvalue weighted by atomic mass is 16.7. The van der Waals surface area contributed by atoms with Crippen molar-refractivity contribution < 1.29 is 58.2 Å². The molecule has 6 atom stereocenters. The Balaban J connectivity index is 2.75. The van der Waals surface area contributed by atoms with E-state index in [1.54, 1.807) is 0 Å². The lowest BCUT2D eigenvalue weighted by molar-refractivity contribution is -0.301. The van der Waals surface area contributed by atoms with Gasteiger partial charge in [0.25, 0.3) is 0 Å². The van der Waals surface area contributed by atoms with Gasteiger partial charge in [0.05, 0.1) is 6.61 Å². The van der Waals surface area contributed by atoms with Crippen LogP contribution in [0.15, 0.2) is 122 Å². The van der Waals surface area contributed by atoms with Crippen LogP contribution in [0.1, 0.15) is 213 Å². The van der Waals surface area contributed by atoms with E-state index in [2.05, 4.69) is 136 Å². The van der Waals surface area contributed by atoms with Crippen molar-refractivity contribution in [2.24, 2.45) is 0 Å². The number of allylic oxidation sites excluding steroid dienone is 20. The summed E-state index contributed by atoms with van der Waals surface area (Å²) >= 11 is 0. The van der Waals surface area contributed by atoms with Crippen LogP contribution in [-0.2, 0) is 42.9 Å². The van der Waals surface area contributed by atoms with Crippen LogP contribution in [0.4, 0.5) is 0 Å². The SMILES string of the molecule is CC/C=C\C/C=C\C/C=C\C/C=C\C/C=C\CCCC(=O)OCC(COC1OC(C(=O)O)C(O)C(O)C1OC(=O)CCCCCC/C=C\C/C=C\C/C=C\C/C=C\CC)OC(=O)CCCCCCC/C=C\CCCCCC. The van der Waals surface area contributed by atoms with E-state index < -0.39 is 67.3 Å². The lowest BCUT2D eigenvalue weighted by Crippen LogP contribution is -2.61. The number of aliphatic carboxylic acids is 1. The lowest BCUT2D eigenvalue weighted by Gasteiger charge is -2.40. The fourth-order valence-corrected chi connectivity index (χ4v) is 8.03. The van der Waals surface area contributed by atoms with Gasteiger partial charge in [-0.1, -0.05) is 194 Å². The van der Waals surface area contributed by atoms with E-state index in [4.69, 9.17) is 23.7 Å². The molecule has 0 bridgehead atoms. The maximum atomic E-state index is 13.1. The zero-order valence-electron chi connectivity index (χ0n) is 47.7. The summed E-state index contributed by atoms with van der Waals surface area (Å²) < 4.78 is 28.3. The van der Waals surface area contributed by atoms with Crippen molar-refractivity contribution in [2.45, 2.75) is 250 Å². The Morgan fingerprint density at radius 3 is 1.30 bits per heavy atom. The van der Waals surface area contributed by atoms with Crippen LogP contribution in [0.25, 0.3) is 0 Å². The van der Waals surface area contributed by atoms with Gasteiger partial charge in [0.15, 0.2) is 24.6 Å². The molecular formula is C65H102O12. The molecule has 1 saturated heterocycles. The molecule has 1 fully saturated rings. The van der Waals surface area contributed by atoms with E-state index in [-0.39, 0.29) is 25.9 Å². The summed E-state index contributed by atoms with van der Waals surface area (Å²) in [6.07, 6.45) is 58.8. The number of carbonyl (C=O) groups excluding carboxylic acids is 3. The summed E-state index contributed by atoms with van der Waals surface area (Å²) in [4.78, 5) is 51.1. The van der Waals surface area contributed by atoms with Crippen LogP contribution in [-0.4, -0.2) is 89.2 Å². The van der Waals surface area contributed by atoms with Gasteiger partial charge in [-0.05, 0) is 122 Å². The second-order valence-corrected chi connectivity index (χ2v) is 19.5. The molecule has 0 aromatic carbocycles. The van der Waals surface area contributed by atoms with Gasteiger partial charge in [0, 0.05) is 19.3 Å². The third kappa shape index (κ3) is 41.8. The minimum atomic E-state index is -1.93. The van der Waals surface area contributed by atoms with Crippen molar-refractivity contribution in [2.75, 3.05) is 13.2 Å². The van der Waals surface area contributed by atoms with Crippen molar-refractivity contribution in [1.82, 2.24) is 0 Å². The zero-order chi connectivity index (χ0) is 56.1. The minimum Gasteiger partial charge on any atom is -0.479 e. The van der Waals surface area contributed by atoms with Crippen LogP contribution in [0.5, 0.6) is 0 Å². The molecule has 0 saturated carbocycles. The van der Waals surface area contributed by atoms with Crippen LogP contribution >= 0.6 is 0 Å². The average molecular weight is 1080 g/mol. The average Bonchev–Trinajstić information content (AvgIpc) is 3.42. The fourth-order valence-electron chi connectivity index (χ4n) is 8.03. The topological polar surface area (TPSA) is 175 Å². The van der Waals surface area contributed by atoms with Gasteiger partial charge < -0.3 is 39.0 Å². The van der Waals surface area contributed by atoms with Crippen molar-refractivity contribution in [3.8, 4) is 0 Å². The summed E-state index contributed by atoms with van der Waals surface area (Å²) in [5.74, 6) is -3.26. The van der Waals surface area contributed by atoms with Crippen molar-refractivity contribution in [3.05, 3.63) is 122 Å². The Labute approximate surface area is 465 Å². The van der Waals surface area contributed by atoms with Gasteiger partial charge in [-0.15, -0.1) is 0 Å². The van der Waals surface area contributed by atoms with Gasteiger partial charge >= 0.3 is 23.9 Å². The molecule has 1 aliphatic heterocycles. The highest BCUT2D eigenvalue weighted by Crippen LogP contribution is 2.26. The first kappa shape index (κ1) is 70.1. The Kier molecular flexibility index (Phi) is 47.2. The molecule has 3 N–H and O–H groups in total. The third-order valence-corrected chi connectivity index (χ3v) is 12.5. The maximum absolute atomic E-state index is 13.1. The fraction of sp³-hybridized carbons (Fsp3) is 0.631. The number of hydrogen-bond acceptors (Lipinski definition) is 11. The largest absolute Gasteiger partial charge is 0.479 e. The third-order valence-electron chi connectivity index (χ3n) is 12.5. The first-order valence-corrected chi connectivity index (χ1v) is 29.5. The molecule has 1 aliphatic rings. The standard InChI is InChI=1S/C65H102O12/c1-4-7-10-13-16-19-22-25-27-29-31-34-36-39-42-45-48-51-57(66)73-54-56(75-58(67)52-49-46-43-40-37-33-24-21-18-15-12-9-6-3)55-74-65-63(61(70)60(69)62(77-65)64(71)72)76-59(68)53-50-47-44-41-38-35-32-30-28-26-23-20-17-14-11-8-5-2/h7-8,10-11,16-17,19-21,24-28,31-32,34-35,39,42,56,60-63,65,69-70H,4-6,9,12-15,18,22-23,29-30,33,36-38,40-41,43-55H2,1-3H3,(H,71,72)/b10-7-,11-8-,19-16-,20-17-,24-21-,27-25-,28-26-,34-31-,35-32-,42-39-. The molecule has 0 amide bonds. The number of carbonyl (C=O) groups is 4. The molecular weight excluding hydrogens is 973 g/mol. The zero-order valence-corrected chi connectivity index (χ0v) is 47.7. The van der Waals surface area contributed by atoms with Gasteiger partial charge in [0.2, 0.25) is 0 Å². The van der Waals surface area contributed by atoms with E-state index in [1.807, 2.05) is 6.08 Å². The van der Waals surface area contributed by atoms with Gasteiger partial charge in [-0.3, -0.25) is 14.4 Å². The van der Waals surface area contributed by atoms with Crippen molar-refractivity contribution in [3.63, 3.8) is 0 Å². The van der Waals surface area contributed by atoms with E-state index in [0.29, 0.717) is 25.7 Å². The second-order valence-electron chi connectivity index (χ2n) is 19.5. The van der Waals surface area contributed by atoms with E-state index in [9.17, 15) is 34.5 Å². The van der Waals surface area contributed by atoms with E-state index >= 15 is 0 Å². The molecule has 0 aromatic rings. The molecule has 1 rings (SSSR count). The smallest absolute Gasteiger partial charge is 0.335 e. The lowest BCUT2D eigenvalue weighted by atomic mass is 9.98. The molecule has 0 radical (unpaired) electrons.